The zero-order valence-corrected chi connectivity index (χ0v) is 10.7. The van der Waals surface area contributed by atoms with Crippen molar-refractivity contribution in [3.63, 3.8) is 0 Å². The predicted molar refractivity (Wildman–Crippen MR) is 69.5 cm³/mol. The SMILES string of the molecule is CC1C(=O)Nc2cc(Cl)cc(F)c2-c2cncnc21. The number of benzene rings is 1. The standard InChI is InChI=1S/C13H9ClFN3O/c1-6-12-8(4-16-5-17-12)11-9(15)2-7(14)3-10(11)18-13(6)19/h2-6H,1H3,(H,18,19). The second-order valence-corrected chi connectivity index (χ2v) is 4.78. The smallest absolute Gasteiger partial charge is 0.233 e. The van der Waals surface area contributed by atoms with E-state index in [0.29, 0.717) is 16.9 Å². The van der Waals surface area contributed by atoms with E-state index in [2.05, 4.69) is 15.3 Å². The number of anilines is 1. The Hall–Kier alpha value is -2.01. The van der Waals surface area contributed by atoms with Crippen LogP contribution in [0.3, 0.4) is 0 Å². The molecule has 0 spiro atoms. The van der Waals surface area contributed by atoms with Crippen LogP contribution in [0, 0.1) is 5.82 Å². The molecule has 2 aromatic rings. The Kier molecular flexibility index (Phi) is 2.71. The number of aromatic nitrogens is 2. The Morgan fingerprint density at radius 2 is 2.21 bits per heavy atom. The fourth-order valence-electron chi connectivity index (χ4n) is 2.19. The molecule has 1 atom stereocenters. The largest absolute Gasteiger partial charge is 0.325 e. The number of nitrogens with zero attached hydrogens (tertiary/aromatic N) is 2. The van der Waals surface area contributed by atoms with E-state index in [4.69, 9.17) is 11.6 Å². The van der Waals surface area contributed by atoms with Gasteiger partial charge in [0.15, 0.2) is 0 Å². The van der Waals surface area contributed by atoms with Crippen molar-refractivity contribution in [1.82, 2.24) is 9.97 Å². The van der Waals surface area contributed by atoms with Gasteiger partial charge < -0.3 is 5.32 Å². The highest BCUT2D eigenvalue weighted by molar-refractivity contribution is 6.31. The van der Waals surface area contributed by atoms with Gasteiger partial charge in [-0.15, -0.1) is 0 Å². The molecular formula is C13H9ClFN3O. The number of amides is 1. The van der Waals surface area contributed by atoms with Crippen LogP contribution in [-0.2, 0) is 4.79 Å². The van der Waals surface area contributed by atoms with Gasteiger partial charge in [0.05, 0.1) is 17.3 Å². The number of fused-ring (bicyclic) bond motifs is 3. The second kappa shape index (κ2) is 4.28. The monoisotopic (exact) mass is 277 g/mol. The average Bonchev–Trinajstić information content (AvgIpc) is 2.46. The van der Waals surface area contributed by atoms with Crippen molar-refractivity contribution >= 4 is 23.2 Å². The second-order valence-electron chi connectivity index (χ2n) is 4.34. The minimum atomic E-state index is -0.507. The first-order valence-electron chi connectivity index (χ1n) is 5.68. The molecule has 0 radical (unpaired) electrons. The van der Waals surface area contributed by atoms with Gasteiger partial charge in [0.25, 0.3) is 0 Å². The summed E-state index contributed by atoms with van der Waals surface area (Å²) in [7, 11) is 0. The maximum atomic E-state index is 14.2. The molecule has 6 heteroatoms. The van der Waals surface area contributed by atoms with Gasteiger partial charge in [-0.3, -0.25) is 4.79 Å². The molecular weight excluding hydrogens is 269 g/mol. The molecule has 0 saturated heterocycles. The lowest BCUT2D eigenvalue weighted by Gasteiger charge is -2.09. The molecule has 2 heterocycles. The average molecular weight is 278 g/mol. The molecule has 96 valence electrons. The Bertz CT molecular complexity index is 690. The van der Waals surface area contributed by atoms with E-state index < -0.39 is 11.7 Å². The van der Waals surface area contributed by atoms with Crippen molar-refractivity contribution < 1.29 is 9.18 Å². The van der Waals surface area contributed by atoms with Gasteiger partial charge in [-0.25, -0.2) is 14.4 Å². The van der Waals surface area contributed by atoms with Crippen molar-refractivity contribution in [2.45, 2.75) is 12.8 Å². The maximum absolute atomic E-state index is 14.2. The molecule has 1 aromatic heterocycles. The van der Waals surface area contributed by atoms with Crippen LogP contribution >= 0.6 is 11.6 Å². The molecule has 4 nitrogen and oxygen atoms in total. The minimum absolute atomic E-state index is 0.226. The zero-order valence-electron chi connectivity index (χ0n) is 9.95. The first-order chi connectivity index (χ1) is 9.08. The van der Waals surface area contributed by atoms with Gasteiger partial charge in [0.2, 0.25) is 5.91 Å². The van der Waals surface area contributed by atoms with E-state index in [0.717, 1.165) is 0 Å². The molecule has 1 amide bonds. The lowest BCUT2D eigenvalue weighted by molar-refractivity contribution is -0.117. The fourth-order valence-corrected chi connectivity index (χ4v) is 2.39. The van der Waals surface area contributed by atoms with Crippen LogP contribution in [0.15, 0.2) is 24.7 Å². The van der Waals surface area contributed by atoms with Crippen LogP contribution in [0.1, 0.15) is 18.5 Å². The van der Waals surface area contributed by atoms with Crippen molar-refractivity contribution in [2.75, 3.05) is 5.32 Å². The van der Waals surface area contributed by atoms with Crippen molar-refractivity contribution in [1.29, 1.82) is 0 Å². The van der Waals surface area contributed by atoms with Crippen LogP contribution in [0.4, 0.5) is 10.1 Å². The van der Waals surface area contributed by atoms with E-state index in [1.165, 1.54) is 24.7 Å². The number of hydrogen-bond donors (Lipinski definition) is 1. The van der Waals surface area contributed by atoms with E-state index in [-0.39, 0.29) is 16.5 Å². The summed E-state index contributed by atoms with van der Waals surface area (Å²) >= 11 is 5.82. The number of hydrogen-bond acceptors (Lipinski definition) is 3. The van der Waals surface area contributed by atoms with Crippen molar-refractivity contribution in [3.8, 4) is 11.1 Å². The van der Waals surface area contributed by atoms with Crippen LogP contribution in [0.25, 0.3) is 11.1 Å². The summed E-state index contributed by atoms with van der Waals surface area (Å²) < 4.78 is 14.2. The van der Waals surface area contributed by atoms with E-state index in [9.17, 15) is 9.18 Å². The third-order valence-corrected chi connectivity index (χ3v) is 3.35. The van der Waals surface area contributed by atoms with Gasteiger partial charge in [0, 0.05) is 22.3 Å². The van der Waals surface area contributed by atoms with Gasteiger partial charge in [0.1, 0.15) is 12.1 Å². The summed E-state index contributed by atoms with van der Waals surface area (Å²) in [6, 6.07) is 2.73. The van der Waals surface area contributed by atoms with E-state index in [1.54, 1.807) is 6.92 Å². The lowest BCUT2D eigenvalue weighted by atomic mass is 9.98. The lowest BCUT2D eigenvalue weighted by Crippen LogP contribution is -2.18. The van der Waals surface area contributed by atoms with Crippen LogP contribution in [0.2, 0.25) is 5.02 Å². The molecule has 19 heavy (non-hydrogen) atoms. The van der Waals surface area contributed by atoms with Crippen LogP contribution < -0.4 is 5.32 Å². The third-order valence-electron chi connectivity index (χ3n) is 3.13. The first kappa shape index (κ1) is 12.0. The summed E-state index contributed by atoms with van der Waals surface area (Å²) in [5.74, 6) is -1.24. The number of carbonyl (C=O) groups excluding carboxylic acids is 1. The summed E-state index contributed by atoms with van der Waals surface area (Å²) in [6.07, 6.45) is 2.86. The Labute approximate surface area is 113 Å². The molecule has 1 aliphatic heterocycles. The zero-order chi connectivity index (χ0) is 13.6. The molecule has 1 aromatic carbocycles. The predicted octanol–water partition coefficient (Wildman–Crippen LogP) is 2.99. The summed E-state index contributed by atoms with van der Waals surface area (Å²) in [5.41, 5.74) is 1.64. The van der Waals surface area contributed by atoms with Crippen LogP contribution in [0.5, 0.6) is 0 Å². The molecule has 0 saturated carbocycles. The molecule has 3 rings (SSSR count). The molecule has 0 fully saturated rings. The minimum Gasteiger partial charge on any atom is -0.325 e. The topological polar surface area (TPSA) is 54.9 Å². The molecule has 0 aliphatic carbocycles. The van der Waals surface area contributed by atoms with E-state index >= 15 is 0 Å². The Morgan fingerprint density at radius 1 is 1.42 bits per heavy atom. The van der Waals surface area contributed by atoms with Crippen molar-refractivity contribution in [3.05, 3.63) is 41.2 Å². The van der Waals surface area contributed by atoms with Gasteiger partial charge in [-0.2, -0.15) is 0 Å². The van der Waals surface area contributed by atoms with Crippen molar-refractivity contribution in [2.24, 2.45) is 0 Å². The number of carbonyl (C=O) groups is 1. The first-order valence-corrected chi connectivity index (χ1v) is 6.06. The summed E-state index contributed by atoms with van der Waals surface area (Å²) in [6.45, 7) is 1.71. The van der Waals surface area contributed by atoms with Gasteiger partial charge >= 0.3 is 0 Å². The fraction of sp³-hybridized carbons (Fsp3) is 0.154. The molecule has 1 N–H and O–H groups in total. The normalized spacial score (nSPS) is 17.2. The molecule has 1 aliphatic rings. The Morgan fingerprint density at radius 3 is 3.00 bits per heavy atom. The molecule has 1 unspecified atom stereocenters. The van der Waals surface area contributed by atoms with E-state index in [1.807, 2.05) is 0 Å². The third kappa shape index (κ3) is 1.86. The number of rotatable bonds is 0. The highest BCUT2D eigenvalue weighted by atomic mass is 35.5. The maximum Gasteiger partial charge on any atom is 0.233 e. The quantitative estimate of drug-likeness (QED) is 0.805. The van der Waals surface area contributed by atoms with Crippen LogP contribution in [-0.4, -0.2) is 15.9 Å². The highest BCUT2D eigenvalue weighted by Crippen LogP contribution is 2.39. The number of halogens is 2. The summed E-state index contributed by atoms with van der Waals surface area (Å²) in [4.78, 5) is 20.0. The molecule has 0 bridgehead atoms. The Balaban J connectivity index is 2.38. The van der Waals surface area contributed by atoms with Gasteiger partial charge in [-0.1, -0.05) is 11.6 Å². The highest BCUT2D eigenvalue weighted by Gasteiger charge is 2.28. The summed E-state index contributed by atoms with van der Waals surface area (Å²) in [5, 5.41) is 2.90. The number of nitrogens with one attached hydrogen (secondary N) is 1. The van der Waals surface area contributed by atoms with Gasteiger partial charge in [-0.05, 0) is 19.1 Å².